The number of azo groups is 1. The molecular formula is C15H11F3N4O. The average molecular weight is 320 g/mol. The molecule has 0 spiro atoms. The van der Waals surface area contributed by atoms with Gasteiger partial charge >= 0.3 is 6.18 Å². The van der Waals surface area contributed by atoms with Crippen LogP contribution in [0.15, 0.2) is 52.8 Å². The first kappa shape index (κ1) is 15.0. The third-order valence-corrected chi connectivity index (χ3v) is 3.22. The van der Waals surface area contributed by atoms with Gasteiger partial charge in [-0.3, -0.25) is 4.40 Å². The maximum absolute atomic E-state index is 12.8. The van der Waals surface area contributed by atoms with Gasteiger partial charge in [0.1, 0.15) is 17.1 Å². The summed E-state index contributed by atoms with van der Waals surface area (Å²) in [5, 5.41) is 17.5. The van der Waals surface area contributed by atoms with E-state index in [2.05, 4.69) is 15.2 Å². The molecule has 2 aromatic heterocycles. The monoisotopic (exact) mass is 320 g/mol. The second-order valence-electron chi connectivity index (χ2n) is 4.85. The fraction of sp³-hybridized carbons (Fsp3) is 0.133. The molecule has 0 aliphatic rings. The van der Waals surface area contributed by atoms with Gasteiger partial charge < -0.3 is 5.11 Å². The van der Waals surface area contributed by atoms with Crippen molar-refractivity contribution in [1.82, 2.24) is 9.38 Å². The summed E-state index contributed by atoms with van der Waals surface area (Å²) < 4.78 is 39.7. The van der Waals surface area contributed by atoms with Crippen molar-refractivity contribution >= 4 is 17.2 Å². The highest BCUT2D eigenvalue weighted by Gasteiger charge is 2.31. The molecule has 0 saturated carbocycles. The summed E-state index contributed by atoms with van der Waals surface area (Å²) in [4.78, 5) is 4.15. The molecule has 0 aliphatic heterocycles. The Morgan fingerprint density at radius 3 is 2.52 bits per heavy atom. The fourth-order valence-corrected chi connectivity index (χ4v) is 2.09. The van der Waals surface area contributed by atoms with Crippen LogP contribution < -0.4 is 0 Å². The molecule has 0 aliphatic carbocycles. The summed E-state index contributed by atoms with van der Waals surface area (Å²) >= 11 is 0. The first-order valence-electron chi connectivity index (χ1n) is 6.62. The van der Waals surface area contributed by atoms with Gasteiger partial charge in [-0.2, -0.15) is 13.2 Å². The number of imidazole rings is 1. The highest BCUT2D eigenvalue weighted by Crippen LogP contribution is 2.32. The summed E-state index contributed by atoms with van der Waals surface area (Å²) in [6.07, 6.45) is -3.53. The molecule has 1 aromatic carbocycles. The van der Waals surface area contributed by atoms with E-state index in [4.69, 9.17) is 0 Å². The molecule has 0 saturated heterocycles. The largest absolute Gasteiger partial charge is 0.506 e. The number of halogens is 3. The minimum absolute atomic E-state index is 0.0706. The number of nitrogens with zero attached hydrogens (tertiary/aromatic N) is 4. The molecule has 0 unspecified atom stereocenters. The van der Waals surface area contributed by atoms with Gasteiger partial charge in [-0.15, -0.1) is 10.2 Å². The van der Waals surface area contributed by atoms with E-state index in [-0.39, 0.29) is 17.3 Å². The van der Waals surface area contributed by atoms with Gasteiger partial charge in [0.25, 0.3) is 0 Å². The van der Waals surface area contributed by atoms with Gasteiger partial charge in [0.15, 0.2) is 5.82 Å². The molecule has 0 fully saturated rings. The quantitative estimate of drug-likeness (QED) is 0.691. The molecule has 2 heterocycles. The van der Waals surface area contributed by atoms with Crippen molar-refractivity contribution < 1.29 is 18.3 Å². The molecule has 1 N–H and O–H groups in total. The molecule has 3 rings (SSSR count). The Kier molecular flexibility index (Phi) is 3.51. The van der Waals surface area contributed by atoms with E-state index in [9.17, 15) is 18.3 Å². The number of phenolic OH excluding ortho intramolecular Hbond substituents is 1. The molecule has 0 bridgehead atoms. The molecule has 0 amide bonds. The number of pyridine rings is 1. The predicted octanol–water partition coefficient (Wildman–Crippen LogP) is 4.78. The number of aryl methyl sites for hydroxylation is 1. The van der Waals surface area contributed by atoms with Crippen molar-refractivity contribution in [2.24, 2.45) is 10.2 Å². The highest BCUT2D eigenvalue weighted by atomic mass is 19.4. The molecule has 0 radical (unpaired) electrons. The Bertz CT molecular complexity index is 899. The topological polar surface area (TPSA) is 62.2 Å². The van der Waals surface area contributed by atoms with Gasteiger partial charge in [-0.1, -0.05) is 12.1 Å². The molecule has 0 atom stereocenters. The lowest BCUT2D eigenvalue weighted by Gasteiger charge is -2.06. The van der Waals surface area contributed by atoms with Crippen LogP contribution in [0.4, 0.5) is 24.7 Å². The van der Waals surface area contributed by atoms with Gasteiger partial charge in [0.05, 0.1) is 11.3 Å². The predicted molar refractivity (Wildman–Crippen MR) is 77.2 cm³/mol. The minimum atomic E-state index is -4.46. The van der Waals surface area contributed by atoms with Crippen LogP contribution in [0.25, 0.3) is 5.65 Å². The second kappa shape index (κ2) is 5.38. The van der Waals surface area contributed by atoms with Crippen LogP contribution in [0, 0.1) is 6.92 Å². The van der Waals surface area contributed by atoms with Crippen LogP contribution in [0.5, 0.6) is 5.75 Å². The van der Waals surface area contributed by atoms with Crippen LogP contribution in [-0.2, 0) is 6.18 Å². The third-order valence-electron chi connectivity index (χ3n) is 3.22. The number of benzene rings is 1. The summed E-state index contributed by atoms with van der Waals surface area (Å²) in [5.41, 5.74) is 0.181. The van der Waals surface area contributed by atoms with E-state index in [1.165, 1.54) is 16.5 Å². The average Bonchev–Trinajstić information content (AvgIpc) is 2.80. The second-order valence-corrected chi connectivity index (χ2v) is 4.85. The lowest BCUT2D eigenvalue weighted by Crippen LogP contribution is -2.06. The van der Waals surface area contributed by atoms with Crippen LogP contribution in [0.1, 0.15) is 11.3 Å². The van der Waals surface area contributed by atoms with Crippen molar-refractivity contribution in [3.05, 3.63) is 53.9 Å². The van der Waals surface area contributed by atoms with E-state index in [1.807, 2.05) is 0 Å². The Balaban J connectivity index is 2.10. The lowest BCUT2D eigenvalue weighted by molar-refractivity contribution is -0.137. The van der Waals surface area contributed by atoms with Gasteiger partial charge in [0.2, 0.25) is 0 Å². The Morgan fingerprint density at radius 2 is 1.83 bits per heavy atom. The first-order chi connectivity index (χ1) is 10.9. The van der Waals surface area contributed by atoms with Crippen molar-refractivity contribution in [3.8, 4) is 5.75 Å². The van der Waals surface area contributed by atoms with E-state index < -0.39 is 11.7 Å². The van der Waals surface area contributed by atoms with Gasteiger partial charge in [-0.05, 0) is 31.2 Å². The zero-order valence-corrected chi connectivity index (χ0v) is 11.9. The van der Waals surface area contributed by atoms with Crippen LogP contribution in [0.3, 0.4) is 0 Å². The number of fused-ring (bicyclic) bond motifs is 1. The Labute approximate surface area is 128 Å². The van der Waals surface area contributed by atoms with Crippen molar-refractivity contribution in [2.45, 2.75) is 13.1 Å². The first-order valence-corrected chi connectivity index (χ1v) is 6.62. The van der Waals surface area contributed by atoms with Crippen LogP contribution >= 0.6 is 0 Å². The zero-order chi connectivity index (χ0) is 16.6. The SMILES string of the molecule is Cc1nc2ccc(C(F)(F)F)cn2c1N=Nc1ccccc1O. The van der Waals surface area contributed by atoms with E-state index in [0.717, 1.165) is 12.3 Å². The van der Waals surface area contributed by atoms with Crippen molar-refractivity contribution in [2.75, 3.05) is 0 Å². The molecule has 5 nitrogen and oxygen atoms in total. The number of hydrogen-bond donors (Lipinski definition) is 1. The van der Waals surface area contributed by atoms with E-state index in [0.29, 0.717) is 11.3 Å². The molecule has 118 valence electrons. The van der Waals surface area contributed by atoms with Crippen molar-refractivity contribution in [1.29, 1.82) is 0 Å². The third kappa shape index (κ3) is 2.87. The number of alkyl halides is 3. The maximum Gasteiger partial charge on any atom is 0.417 e. The van der Waals surface area contributed by atoms with E-state index in [1.54, 1.807) is 25.1 Å². The highest BCUT2D eigenvalue weighted by molar-refractivity contribution is 5.54. The number of para-hydroxylation sites is 1. The fourth-order valence-electron chi connectivity index (χ4n) is 2.09. The zero-order valence-electron chi connectivity index (χ0n) is 11.9. The van der Waals surface area contributed by atoms with Gasteiger partial charge in [0, 0.05) is 6.20 Å². The Morgan fingerprint density at radius 1 is 1.09 bits per heavy atom. The molecule has 3 aromatic rings. The molecule has 23 heavy (non-hydrogen) atoms. The number of hydrogen-bond acceptors (Lipinski definition) is 4. The smallest absolute Gasteiger partial charge is 0.417 e. The molecule has 8 heteroatoms. The van der Waals surface area contributed by atoms with E-state index >= 15 is 0 Å². The van der Waals surface area contributed by atoms with Crippen LogP contribution in [0.2, 0.25) is 0 Å². The summed E-state index contributed by atoms with van der Waals surface area (Å²) in [7, 11) is 0. The lowest BCUT2D eigenvalue weighted by atomic mass is 10.3. The molecular weight excluding hydrogens is 309 g/mol. The van der Waals surface area contributed by atoms with Crippen LogP contribution in [-0.4, -0.2) is 14.5 Å². The van der Waals surface area contributed by atoms with Crippen molar-refractivity contribution in [3.63, 3.8) is 0 Å². The van der Waals surface area contributed by atoms with Gasteiger partial charge in [-0.25, -0.2) is 4.98 Å². The summed E-state index contributed by atoms with van der Waals surface area (Å²) in [6.45, 7) is 1.62. The summed E-state index contributed by atoms with van der Waals surface area (Å²) in [6, 6.07) is 8.51. The normalized spacial score (nSPS) is 12.3. The maximum atomic E-state index is 12.8. The number of aromatic hydroxyl groups is 1. The minimum Gasteiger partial charge on any atom is -0.506 e. The number of aromatic nitrogens is 2. The summed E-state index contributed by atoms with van der Waals surface area (Å²) in [5.74, 6) is 0.105. The Hall–Kier alpha value is -2.90. The number of rotatable bonds is 2. The standard InChI is InChI=1S/C15H11F3N4O/c1-9-14(21-20-11-4-2-3-5-12(11)23)22-8-10(15(16,17)18)6-7-13(22)19-9/h2-8,23H,1H3. The number of phenols is 1.